The van der Waals surface area contributed by atoms with Crippen LogP contribution in [0.3, 0.4) is 0 Å². The summed E-state index contributed by atoms with van der Waals surface area (Å²) in [4.78, 5) is 10.7. The third-order valence-electron chi connectivity index (χ3n) is 1.17. The molecule has 0 aliphatic carbocycles. The molecular weight excluding hydrogens is 140 g/mol. The first-order valence-electron chi connectivity index (χ1n) is 3.55. The normalized spacial score (nSPS) is 8.27. The van der Waals surface area contributed by atoms with E-state index in [1.165, 1.54) is 0 Å². The van der Waals surface area contributed by atoms with E-state index in [0.717, 1.165) is 25.5 Å². The molecule has 0 heterocycles. The van der Waals surface area contributed by atoms with E-state index in [4.69, 9.17) is 6.42 Å². The van der Waals surface area contributed by atoms with Crippen LogP contribution in [0.4, 0.5) is 0 Å². The Labute approximate surface area is 67.2 Å². The van der Waals surface area contributed by atoms with Crippen LogP contribution >= 0.6 is 0 Å². The highest BCUT2D eigenvalue weighted by molar-refractivity contribution is 5.69. The molecule has 0 radical (unpaired) electrons. The molecule has 0 amide bonds. The number of ether oxygens (including phenoxy) is 1. The quantitative estimate of drug-likeness (QED) is 0.260. The van der Waals surface area contributed by atoms with E-state index in [9.17, 15) is 4.79 Å². The molecule has 0 aliphatic heterocycles. The number of terminal acetylenes is 1. The summed E-state index contributed by atoms with van der Waals surface area (Å²) in [6.07, 6.45) is 8.98. The number of hydrogen-bond acceptors (Lipinski definition) is 2. The monoisotopic (exact) mass is 152 g/mol. The van der Waals surface area contributed by atoms with Gasteiger partial charge < -0.3 is 4.74 Å². The highest BCUT2D eigenvalue weighted by atomic mass is 16.5. The first-order chi connectivity index (χ1) is 5.31. The van der Waals surface area contributed by atoms with Gasteiger partial charge in [-0.2, -0.15) is 0 Å². The fraction of sp³-hybridized carbons (Fsp3) is 0.444. The summed E-state index contributed by atoms with van der Waals surface area (Å²) in [5.41, 5.74) is 0. The molecule has 0 fully saturated rings. The van der Waals surface area contributed by atoms with Crippen LogP contribution in [0.5, 0.6) is 0 Å². The second kappa shape index (κ2) is 6.88. The van der Waals surface area contributed by atoms with E-state index in [1.807, 2.05) is 0 Å². The lowest BCUT2D eigenvalue weighted by molar-refractivity contribution is -0.138. The topological polar surface area (TPSA) is 26.3 Å². The largest absolute Gasteiger partial charge is 0.435 e. The molecule has 0 aromatic heterocycles. The third-order valence-corrected chi connectivity index (χ3v) is 1.17. The van der Waals surface area contributed by atoms with Crippen molar-refractivity contribution < 1.29 is 9.53 Å². The molecule has 2 nitrogen and oxygen atoms in total. The van der Waals surface area contributed by atoms with Crippen molar-refractivity contribution in [1.82, 2.24) is 0 Å². The third kappa shape index (κ3) is 6.66. The minimum atomic E-state index is -0.239. The van der Waals surface area contributed by atoms with E-state index in [0.29, 0.717) is 6.42 Å². The molecule has 11 heavy (non-hydrogen) atoms. The van der Waals surface area contributed by atoms with Gasteiger partial charge in [0, 0.05) is 12.8 Å². The molecule has 0 aliphatic rings. The molecular formula is C9H12O2. The maximum absolute atomic E-state index is 10.7. The van der Waals surface area contributed by atoms with Gasteiger partial charge in [-0.1, -0.05) is 6.58 Å². The number of carbonyl (C=O) groups excluding carboxylic acids is 1. The average Bonchev–Trinajstić information content (AvgIpc) is 1.99. The minimum absolute atomic E-state index is 0.239. The maximum Gasteiger partial charge on any atom is 0.310 e. The van der Waals surface area contributed by atoms with Crippen molar-refractivity contribution in [3.05, 3.63) is 12.8 Å². The molecule has 0 bridgehead atoms. The second-order valence-corrected chi connectivity index (χ2v) is 2.07. The lowest BCUT2D eigenvalue weighted by atomic mass is 10.2. The molecule has 0 aromatic carbocycles. The van der Waals surface area contributed by atoms with Gasteiger partial charge >= 0.3 is 5.97 Å². The predicted molar refractivity (Wildman–Crippen MR) is 43.6 cm³/mol. The van der Waals surface area contributed by atoms with Crippen LogP contribution in [0.2, 0.25) is 0 Å². The Bertz CT molecular complexity index is 165. The number of carbonyl (C=O) groups is 1. The zero-order valence-corrected chi connectivity index (χ0v) is 6.51. The van der Waals surface area contributed by atoms with Gasteiger partial charge in [-0.05, 0) is 12.8 Å². The molecule has 0 saturated heterocycles. The number of hydrogen-bond donors (Lipinski definition) is 0. The summed E-state index contributed by atoms with van der Waals surface area (Å²) in [5, 5.41) is 0. The number of rotatable bonds is 5. The lowest BCUT2D eigenvalue weighted by Crippen LogP contribution is -1.98. The summed E-state index contributed by atoms with van der Waals surface area (Å²) < 4.78 is 4.50. The molecule has 0 spiro atoms. The molecule has 0 unspecified atom stereocenters. The smallest absolute Gasteiger partial charge is 0.310 e. The van der Waals surface area contributed by atoms with Gasteiger partial charge in [0.1, 0.15) is 0 Å². The van der Waals surface area contributed by atoms with Crippen LogP contribution in [0.15, 0.2) is 12.8 Å². The van der Waals surface area contributed by atoms with Gasteiger partial charge in [-0.25, -0.2) is 0 Å². The molecule has 2 heteroatoms. The number of esters is 1. The van der Waals surface area contributed by atoms with Crippen molar-refractivity contribution in [3.63, 3.8) is 0 Å². The van der Waals surface area contributed by atoms with Gasteiger partial charge in [-0.3, -0.25) is 4.79 Å². The van der Waals surface area contributed by atoms with Crippen molar-refractivity contribution in [2.24, 2.45) is 0 Å². The van der Waals surface area contributed by atoms with Crippen molar-refractivity contribution in [2.75, 3.05) is 0 Å². The molecule has 0 atom stereocenters. The van der Waals surface area contributed by atoms with Crippen molar-refractivity contribution in [2.45, 2.75) is 25.7 Å². The molecule has 60 valence electrons. The van der Waals surface area contributed by atoms with Crippen molar-refractivity contribution >= 4 is 5.97 Å². The molecule has 0 rings (SSSR count). The van der Waals surface area contributed by atoms with Crippen LogP contribution in [-0.2, 0) is 9.53 Å². The summed E-state index contributed by atoms with van der Waals surface area (Å²) in [7, 11) is 0. The fourth-order valence-corrected chi connectivity index (χ4v) is 0.648. The zero-order chi connectivity index (χ0) is 8.53. The predicted octanol–water partition coefficient (Wildman–Crippen LogP) is 1.87. The van der Waals surface area contributed by atoms with E-state index < -0.39 is 0 Å². The Balaban J connectivity index is 3.18. The Morgan fingerprint density at radius 3 is 2.91 bits per heavy atom. The van der Waals surface area contributed by atoms with Crippen molar-refractivity contribution in [3.8, 4) is 12.3 Å². The standard InChI is InChI=1S/C9H12O2/c1-3-5-6-7-8-9(10)11-4-2/h1,4H,2,5-8H2. The lowest BCUT2D eigenvalue weighted by Gasteiger charge is -1.96. The van der Waals surface area contributed by atoms with Gasteiger partial charge in [-0.15, -0.1) is 12.3 Å². The van der Waals surface area contributed by atoms with Gasteiger partial charge in [0.25, 0.3) is 0 Å². The SMILES string of the molecule is C#CCCCCC(=O)OC=C. The van der Waals surface area contributed by atoms with Gasteiger partial charge in [0.05, 0.1) is 6.26 Å². The van der Waals surface area contributed by atoms with Crippen LogP contribution in [0.1, 0.15) is 25.7 Å². The Kier molecular flexibility index (Phi) is 6.11. The minimum Gasteiger partial charge on any atom is -0.435 e. The van der Waals surface area contributed by atoms with E-state index in [1.54, 1.807) is 0 Å². The Morgan fingerprint density at radius 1 is 1.64 bits per heavy atom. The molecule has 0 N–H and O–H groups in total. The highest BCUT2D eigenvalue weighted by Crippen LogP contribution is 1.99. The first-order valence-corrected chi connectivity index (χ1v) is 3.55. The maximum atomic E-state index is 10.7. The number of unbranched alkanes of at least 4 members (excludes halogenated alkanes) is 2. The van der Waals surface area contributed by atoms with Crippen LogP contribution in [0.25, 0.3) is 0 Å². The Hall–Kier alpha value is -1.23. The van der Waals surface area contributed by atoms with Crippen LogP contribution in [-0.4, -0.2) is 5.97 Å². The van der Waals surface area contributed by atoms with Gasteiger partial charge in [0.2, 0.25) is 0 Å². The zero-order valence-electron chi connectivity index (χ0n) is 6.51. The Morgan fingerprint density at radius 2 is 2.36 bits per heavy atom. The first kappa shape index (κ1) is 9.77. The summed E-state index contributed by atoms with van der Waals surface area (Å²) in [6, 6.07) is 0. The van der Waals surface area contributed by atoms with Crippen LogP contribution < -0.4 is 0 Å². The second-order valence-electron chi connectivity index (χ2n) is 2.07. The molecule has 0 saturated carbocycles. The van der Waals surface area contributed by atoms with E-state index in [2.05, 4.69) is 17.2 Å². The van der Waals surface area contributed by atoms with Crippen LogP contribution in [0, 0.1) is 12.3 Å². The summed E-state index contributed by atoms with van der Waals surface area (Å²) in [5.74, 6) is 2.26. The fourth-order valence-electron chi connectivity index (χ4n) is 0.648. The average molecular weight is 152 g/mol. The highest BCUT2D eigenvalue weighted by Gasteiger charge is 1.98. The summed E-state index contributed by atoms with van der Waals surface area (Å²) >= 11 is 0. The molecule has 0 aromatic rings. The van der Waals surface area contributed by atoms with E-state index >= 15 is 0 Å². The van der Waals surface area contributed by atoms with Gasteiger partial charge in [0.15, 0.2) is 0 Å². The van der Waals surface area contributed by atoms with Crippen molar-refractivity contribution in [1.29, 1.82) is 0 Å². The summed E-state index contributed by atoms with van der Waals surface area (Å²) in [6.45, 7) is 3.27. The van der Waals surface area contributed by atoms with E-state index in [-0.39, 0.29) is 5.97 Å².